The average molecular weight is 324 g/mol. The van der Waals surface area contributed by atoms with Crippen LogP contribution in [0.25, 0.3) is 0 Å². The second kappa shape index (κ2) is 7.95. The van der Waals surface area contributed by atoms with Crippen LogP contribution in [0.15, 0.2) is 0 Å². The fourth-order valence-corrected chi connectivity index (χ4v) is 4.53. The van der Waals surface area contributed by atoms with E-state index in [2.05, 4.69) is 17.1 Å². The SMILES string of the molecule is CC1CCC(NC(=O)CN2CCOC[C@@H]2[C@@H]2CCC[C@@H]2O)CC1. The highest BCUT2D eigenvalue weighted by Crippen LogP contribution is 2.32. The van der Waals surface area contributed by atoms with E-state index < -0.39 is 0 Å². The summed E-state index contributed by atoms with van der Waals surface area (Å²) in [5, 5.41) is 13.4. The van der Waals surface area contributed by atoms with Crippen molar-refractivity contribution >= 4 is 5.91 Å². The summed E-state index contributed by atoms with van der Waals surface area (Å²) in [6.07, 6.45) is 7.46. The van der Waals surface area contributed by atoms with Crippen molar-refractivity contribution in [3.8, 4) is 0 Å². The number of hydrogen-bond donors (Lipinski definition) is 2. The lowest BCUT2D eigenvalue weighted by Crippen LogP contribution is -2.54. The Morgan fingerprint density at radius 3 is 2.70 bits per heavy atom. The van der Waals surface area contributed by atoms with Crippen LogP contribution in [0.4, 0.5) is 0 Å². The fraction of sp³-hybridized carbons (Fsp3) is 0.944. The monoisotopic (exact) mass is 324 g/mol. The zero-order chi connectivity index (χ0) is 16.2. The highest BCUT2D eigenvalue weighted by molar-refractivity contribution is 5.78. The third-order valence-electron chi connectivity index (χ3n) is 6.03. The number of rotatable bonds is 4. The van der Waals surface area contributed by atoms with Crippen molar-refractivity contribution in [3.63, 3.8) is 0 Å². The van der Waals surface area contributed by atoms with Gasteiger partial charge in [-0.2, -0.15) is 0 Å². The van der Waals surface area contributed by atoms with Crippen LogP contribution in [-0.2, 0) is 9.53 Å². The lowest BCUT2D eigenvalue weighted by molar-refractivity contribution is -0.127. The maximum atomic E-state index is 12.4. The van der Waals surface area contributed by atoms with Gasteiger partial charge >= 0.3 is 0 Å². The molecule has 3 fully saturated rings. The molecule has 0 bridgehead atoms. The number of morpholine rings is 1. The van der Waals surface area contributed by atoms with E-state index in [1.54, 1.807) is 0 Å². The molecule has 3 aliphatic rings. The number of aliphatic hydroxyl groups excluding tert-OH is 1. The first kappa shape index (κ1) is 17.2. The summed E-state index contributed by atoms with van der Waals surface area (Å²) in [7, 11) is 0. The van der Waals surface area contributed by atoms with Crippen molar-refractivity contribution in [1.29, 1.82) is 0 Å². The largest absolute Gasteiger partial charge is 0.393 e. The van der Waals surface area contributed by atoms with Gasteiger partial charge in [-0.15, -0.1) is 0 Å². The quantitative estimate of drug-likeness (QED) is 0.823. The van der Waals surface area contributed by atoms with Gasteiger partial charge in [0, 0.05) is 24.5 Å². The lowest BCUT2D eigenvalue weighted by Gasteiger charge is -2.40. The molecule has 5 nitrogen and oxygen atoms in total. The molecule has 0 aromatic carbocycles. The smallest absolute Gasteiger partial charge is 0.234 e. The minimum Gasteiger partial charge on any atom is -0.393 e. The molecule has 1 aliphatic heterocycles. The molecule has 2 saturated carbocycles. The Morgan fingerprint density at radius 1 is 1.22 bits per heavy atom. The second-order valence-electron chi connectivity index (χ2n) is 7.80. The maximum absolute atomic E-state index is 12.4. The topological polar surface area (TPSA) is 61.8 Å². The highest BCUT2D eigenvalue weighted by Gasteiger charge is 2.38. The summed E-state index contributed by atoms with van der Waals surface area (Å²) < 4.78 is 5.63. The summed E-state index contributed by atoms with van der Waals surface area (Å²) in [4.78, 5) is 14.7. The fourth-order valence-electron chi connectivity index (χ4n) is 4.53. The molecule has 1 saturated heterocycles. The molecule has 1 amide bonds. The zero-order valence-corrected chi connectivity index (χ0v) is 14.4. The van der Waals surface area contributed by atoms with Gasteiger partial charge in [0.25, 0.3) is 0 Å². The van der Waals surface area contributed by atoms with Crippen molar-refractivity contribution in [3.05, 3.63) is 0 Å². The van der Waals surface area contributed by atoms with E-state index in [9.17, 15) is 9.90 Å². The molecule has 0 radical (unpaired) electrons. The van der Waals surface area contributed by atoms with E-state index in [1.165, 1.54) is 12.8 Å². The Bertz CT molecular complexity index is 396. The normalized spacial score (nSPS) is 39.3. The Morgan fingerprint density at radius 2 is 2.00 bits per heavy atom. The first-order valence-corrected chi connectivity index (χ1v) is 9.42. The van der Waals surface area contributed by atoms with Gasteiger partial charge in [-0.25, -0.2) is 0 Å². The van der Waals surface area contributed by atoms with Gasteiger partial charge in [-0.3, -0.25) is 9.69 Å². The first-order chi connectivity index (χ1) is 11.1. The van der Waals surface area contributed by atoms with E-state index in [0.717, 1.165) is 44.6 Å². The average Bonchev–Trinajstić information content (AvgIpc) is 2.96. The number of aliphatic hydroxyl groups is 1. The molecule has 23 heavy (non-hydrogen) atoms. The summed E-state index contributed by atoms with van der Waals surface area (Å²) in [6.45, 7) is 4.87. The number of ether oxygens (including phenoxy) is 1. The lowest BCUT2D eigenvalue weighted by atomic mass is 9.87. The van der Waals surface area contributed by atoms with Crippen LogP contribution in [0, 0.1) is 11.8 Å². The molecule has 5 heteroatoms. The van der Waals surface area contributed by atoms with E-state index in [4.69, 9.17) is 4.74 Å². The predicted octanol–water partition coefficient (Wildman–Crippen LogP) is 1.54. The van der Waals surface area contributed by atoms with E-state index >= 15 is 0 Å². The van der Waals surface area contributed by atoms with Crippen LogP contribution in [0.5, 0.6) is 0 Å². The summed E-state index contributed by atoms with van der Waals surface area (Å²) in [5.41, 5.74) is 0. The Kier molecular flexibility index (Phi) is 5.94. The third-order valence-corrected chi connectivity index (χ3v) is 6.03. The van der Waals surface area contributed by atoms with Crippen LogP contribution in [0.1, 0.15) is 51.9 Å². The summed E-state index contributed by atoms with van der Waals surface area (Å²) in [5.74, 6) is 1.21. The molecule has 0 aromatic heterocycles. The third kappa shape index (κ3) is 4.46. The molecule has 2 N–H and O–H groups in total. The minimum absolute atomic E-state index is 0.143. The van der Waals surface area contributed by atoms with Gasteiger partial charge < -0.3 is 15.2 Å². The summed E-state index contributed by atoms with van der Waals surface area (Å²) >= 11 is 0. The molecular formula is C18H32N2O3. The molecular weight excluding hydrogens is 292 g/mol. The van der Waals surface area contributed by atoms with Crippen LogP contribution >= 0.6 is 0 Å². The van der Waals surface area contributed by atoms with Crippen molar-refractivity contribution < 1.29 is 14.6 Å². The molecule has 0 aromatic rings. The molecule has 0 spiro atoms. The van der Waals surface area contributed by atoms with Gasteiger partial charge in [0.2, 0.25) is 5.91 Å². The van der Waals surface area contributed by atoms with Crippen molar-refractivity contribution in [2.45, 2.75) is 70.1 Å². The standard InChI is InChI=1S/C18H32N2O3/c1-13-5-7-14(8-6-13)19-18(22)11-20-9-10-23-12-16(20)15-3-2-4-17(15)21/h13-17,21H,2-12H2,1H3,(H,19,22)/t13?,14?,15-,16+,17-/m0/s1. The Hall–Kier alpha value is -0.650. The first-order valence-electron chi connectivity index (χ1n) is 9.42. The number of nitrogens with one attached hydrogen (secondary N) is 1. The Balaban J connectivity index is 1.51. The Labute approximate surface area is 139 Å². The predicted molar refractivity (Wildman–Crippen MR) is 89.1 cm³/mol. The van der Waals surface area contributed by atoms with Gasteiger partial charge in [0.15, 0.2) is 0 Å². The zero-order valence-electron chi connectivity index (χ0n) is 14.4. The molecule has 3 rings (SSSR count). The van der Waals surface area contributed by atoms with E-state index in [-0.39, 0.29) is 24.0 Å². The number of carbonyl (C=O) groups excluding carboxylic acids is 1. The molecule has 1 heterocycles. The maximum Gasteiger partial charge on any atom is 0.234 e. The summed E-state index contributed by atoms with van der Waals surface area (Å²) in [6, 6.07) is 0.550. The number of amides is 1. The van der Waals surface area contributed by atoms with Crippen LogP contribution in [0.3, 0.4) is 0 Å². The molecule has 2 aliphatic carbocycles. The number of hydrogen-bond acceptors (Lipinski definition) is 4. The number of carbonyl (C=O) groups is 1. The van der Waals surface area contributed by atoms with Crippen LogP contribution in [0.2, 0.25) is 0 Å². The van der Waals surface area contributed by atoms with Crippen LogP contribution < -0.4 is 5.32 Å². The van der Waals surface area contributed by atoms with Crippen molar-refractivity contribution in [2.75, 3.05) is 26.3 Å². The van der Waals surface area contributed by atoms with Gasteiger partial charge in [-0.1, -0.05) is 13.3 Å². The van der Waals surface area contributed by atoms with Gasteiger partial charge in [0.1, 0.15) is 0 Å². The molecule has 3 atom stereocenters. The van der Waals surface area contributed by atoms with E-state index in [1.807, 2.05) is 0 Å². The van der Waals surface area contributed by atoms with E-state index in [0.29, 0.717) is 25.8 Å². The molecule has 0 unspecified atom stereocenters. The van der Waals surface area contributed by atoms with Crippen LogP contribution in [-0.4, -0.2) is 60.4 Å². The van der Waals surface area contributed by atoms with Gasteiger partial charge in [0.05, 0.1) is 25.9 Å². The minimum atomic E-state index is -0.230. The second-order valence-corrected chi connectivity index (χ2v) is 7.80. The van der Waals surface area contributed by atoms with Gasteiger partial charge in [-0.05, 0) is 44.4 Å². The highest BCUT2D eigenvalue weighted by atomic mass is 16.5. The van der Waals surface area contributed by atoms with Crippen molar-refractivity contribution in [1.82, 2.24) is 10.2 Å². The van der Waals surface area contributed by atoms with Crippen molar-refractivity contribution in [2.24, 2.45) is 11.8 Å². The number of nitrogens with zero attached hydrogens (tertiary/aromatic N) is 1. The molecule has 132 valence electrons.